The summed E-state index contributed by atoms with van der Waals surface area (Å²) < 4.78 is 5.60. The van der Waals surface area contributed by atoms with Gasteiger partial charge in [0.15, 0.2) is 0 Å². The van der Waals surface area contributed by atoms with E-state index < -0.39 is 0 Å². The summed E-state index contributed by atoms with van der Waals surface area (Å²) in [7, 11) is 0. The van der Waals surface area contributed by atoms with E-state index in [4.69, 9.17) is 9.84 Å². The van der Waals surface area contributed by atoms with Crippen LogP contribution in [-0.2, 0) is 4.79 Å². The van der Waals surface area contributed by atoms with Gasteiger partial charge < -0.3 is 9.64 Å². The van der Waals surface area contributed by atoms with Crippen LogP contribution in [0, 0.1) is 6.92 Å². The van der Waals surface area contributed by atoms with E-state index in [0.717, 1.165) is 55.3 Å². The van der Waals surface area contributed by atoms with Crippen LogP contribution in [0.2, 0.25) is 0 Å². The molecule has 2 aromatic rings. The van der Waals surface area contributed by atoms with Gasteiger partial charge in [0, 0.05) is 32.6 Å². The molecular weight excluding hydrogens is 400 g/mol. The fourth-order valence-corrected chi connectivity index (χ4v) is 4.40. The molecule has 6 heteroatoms. The van der Waals surface area contributed by atoms with Gasteiger partial charge in [0.05, 0.1) is 24.9 Å². The molecule has 170 valence electrons. The summed E-state index contributed by atoms with van der Waals surface area (Å²) in [5, 5.41) is 6.55. The molecule has 0 spiro atoms. The quantitative estimate of drug-likeness (QED) is 0.667. The molecule has 0 radical (unpaired) electrons. The summed E-state index contributed by atoms with van der Waals surface area (Å²) in [6, 6.07) is 16.4. The van der Waals surface area contributed by atoms with Crippen molar-refractivity contribution in [3.05, 3.63) is 65.2 Å². The normalized spacial score (nSPS) is 19.8. The number of likely N-dealkylation sites (N-methyl/N-ethyl adjacent to an activating group) is 1. The zero-order valence-electron chi connectivity index (χ0n) is 19.5. The summed E-state index contributed by atoms with van der Waals surface area (Å²) in [5.74, 6) is 0.913. The highest BCUT2D eigenvalue weighted by atomic mass is 16.5. The number of carbonyl (C=O) groups excluding carboxylic acids is 1. The molecule has 0 bridgehead atoms. The minimum absolute atomic E-state index is 0.0657. The van der Waals surface area contributed by atoms with Crippen molar-refractivity contribution >= 4 is 11.6 Å². The van der Waals surface area contributed by atoms with Crippen molar-refractivity contribution in [3.8, 4) is 5.75 Å². The number of aryl methyl sites for hydroxylation is 1. The van der Waals surface area contributed by atoms with Crippen molar-refractivity contribution < 1.29 is 9.53 Å². The van der Waals surface area contributed by atoms with Crippen LogP contribution < -0.4 is 4.74 Å². The number of carbonyl (C=O) groups is 1. The first-order valence-electron chi connectivity index (χ1n) is 11.7. The third-order valence-electron chi connectivity index (χ3n) is 6.40. The van der Waals surface area contributed by atoms with Gasteiger partial charge in [-0.15, -0.1) is 0 Å². The summed E-state index contributed by atoms with van der Waals surface area (Å²) in [6.07, 6.45) is 0.715. The Bertz CT molecular complexity index is 931. The predicted octanol–water partition coefficient (Wildman–Crippen LogP) is 3.71. The van der Waals surface area contributed by atoms with Gasteiger partial charge in [-0.3, -0.25) is 9.69 Å². The maximum atomic E-state index is 13.4. The first-order chi connectivity index (χ1) is 15.6. The lowest BCUT2D eigenvalue weighted by molar-refractivity contribution is -0.134. The van der Waals surface area contributed by atoms with Crippen LogP contribution in [0.4, 0.5) is 0 Å². The van der Waals surface area contributed by atoms with Gasteiger partial charge in [-0.25, -0.2) is 5.01 Å². The Balaban J connectivity index is 1.54. The van der Waals surface area contributed by atoms with E-state index in [1.807, 2.05) is 19.1 Å². The maximum Gasteiger partial charge on any atom is 0.257 e. The minimum atomic E-state index is -0.0913. The molecule has 1 fully saturated rings. The molecule has 2 aliphatic rings. The molecule has 0 N–H and O–H groups in total. The van der Waals surface area contributed by atoms with Crippen LogP contribution >= 0.6 is 0 Å². The topological polar surface area (TPSA) is 48.4 Å². The van der Waals surface area contributed by atoms with Crippen molar-refractivity contribution in [3.63, 3.8) is 0 Å². The Labute approximate surface area is 191 Å². The lowest BCUT2D eigenvalue weighted by Crippen LogP contribution is -2.49. The van der Waals surface area contributed by atoms with E-state index >= 15 is 0 Å². The fraction of sp³-hybridized carbons (Fsp3) is 0.462. The molecule has 4 rings (SSSR count). The summed E-state index contributed by atoms with van der Waals surface area (Å²) in [5.41, 5.74) is 4.35. The second-order valence-corrected chi connectivity index (χ2v) is 8.58. The number of amides is 1. The second kappa shape index (κ2) is 10.3. The molecule has 1 saturated heterocycles. The fourth-order valence-electron chi connectivity index (χ4n) is 4.40. The molecule has 0 unspecified atom stereocenters. The van der Waals surface area contributed by atoms with Crippen LogP contribution in [0.15, 0.2) is 53.6 Å². The largest absolute Gasteiger partial charge is 0.494 e. The van der Waals surface area contributed by atoms with Crippen molar-refractivity contribution in [2.45, 2.75) is 33.2 Å². The van der Waals surface area contributed by atoms with E-state index in [1.165, 1.54) is 5.56 Å². The summed E-state index contributed by atoms with van der Waals surface area (Å²) >= 11 is 0. The number of rotatable bonds is 7. The third kappa shape index (κ3) is 5.19. The van der Waals surface area contributed by atoms with Gasteiger partial charge in [0.2, 0.25) is 0 Å². The number of nitrogens with zero attached hydrogens (tertiary/aromatic N) is 4. The molecule has 1 amide bonds. The highest BCUT2D eigenvalue weighted by molar-refractivity contribution is 6.03. The zero-order valence-corrected chi connectivity index (χ0v) is 19.5. The van der Waals surface area contributed by atoms with Gasteiger partial charge in [-0.2, -0.15) is 5.10 Å². The van der Waals surface area contributed by atoms with E-state index in [1.54, 1.807) is 5.01 Å². The summed E-state index contributed by atoms with van der Waals surface area (Å²) in [4.78, 5) is 18.1. The Morgan fingerprint density at radius 2 is 1.62 bits per heavy atom. The van der Waals surface area contributed by atoms with Crippen molar-refractivity contribution in [2.24, 2.45) is 5.10 Å². The van der Waals surface area contributed by atoms with E-state index in [0.29, 0.717) is 19.6 Å². The van der Waals surface area contributed by atoms with Gasteiger partial charge in [-0.1, -0.05) is 48.9 Å². The van der Waals surface area contributed by atoms with Crippen molar-refractivity contribution in [2.75, 3.05) is 45.9 Å². The molecule has 2 heterocycles. The highest BCUT2D eigenvalue weighted by Crippen LogP contribution is 2.34. The first kappa shape index (κ1) is 22.5. The number of hydrogen-bond acceptors (Lipinski definition) is 5. The van der Waals surface area contributed by atoms with E-state index in [9.17, 15) is 4.79 Å². The van der Waals surface area contributed by atoms with Gasteiger partial charge in [0.1, 0.15) is 5.75 Å². The average Bonchev–Trinajstić information content (AvgIpc) is 3.26. The average molecular weight is 435 g/mol. The van der Waals surface area contributed by atoms with Gasteiger partial charge >= 0.3 is 0 Å². The van der Waals surface area contributed by atoms with E-state index in [-0.39, 0.29) is 11.9 Å². The standard InChI is InChI=1S/C26H34N4O2/c1-4-28-14-16-29(17-15-28)19-26(31)30-25(22-10-12-23(13-11-22)32-5-2)18-24(27-30)21-8-6-20(3)7-9-21/h6-13,25H,4-5,14-19H2,1-3H3/t25-/m0/s1. The van der Waals surface area contributed by atoms with Crippen LogP contribution in [0.25, 0.3) is 0 Å². The van der Waals surface area contributed by atoms with Crippen LogP contribution in [0.5, 0.6) is 5.75 Å². The Hall–Kier alpha value is -2.70. The lowest BCUT2D eigenvalue weighted by atomic mass is 9.98. The monoisotopic (exact) mass is 434 g/mol. The number of hydrogen-bond donors (Lipinski definition) is 0. The molecule has 2 aromatic carbocycles. The molecular formula is C26H34N4O2. The van der Waals surface area contributed by atoms with Gasteiger partial charge in [0.25, 0.3) is 5.91 Å². The molecule has 0 aromatic heterocycles. The second-order valence-electron chi connectivity index (χ2n) is 8.58. The predicted molar refractivity (Wildman–Crippen MR) is 128 cm³/mol. The summed E-state index contributed by atoms with van der Waals surface area (Å²) in [6.45, 7) is 12.3. The Morgan fingerprint density at radius 1 is 0.969 bits per heavy atom. The van der Waals surface area contributed by atoms with Crippen molar-refractivity contribution in [1.82, 2.24) is 14.8 Å². The Kier molecular flexibility index (Phi) is 7.22. The molecule has 2 aliphatic heterocycles. The molecule has 0 aliphatic carbocycles. The number of piperazine rings is 1. The highest BCUT2D eigenvalue weighted by Gasteiger charge is 2.34. The maximum absolute atomic E-state index is 13.4. The molecule has 6 nitrogen and oxygen atoms in total. The van der Waals surface area contributed by atoms with Crippen molar-refractivity contribution in [1.29, 1.82) is 0 Å². The van der Waals surface area contributed by atoms with Gasteiger partial charge in [-0.05, 0) is 43.7 Å². The zero-order chi connectivity index (χ0) is 22.5. The molecule has 32 heavy (non-hydrogen) atoms. The number of ether oxygens (including phenoxy) is 1. The molecule has 1 atom stereocenters. The first-order valence-corrected chi connectivity index (χ1v) is 11.7. The smallest absolute Gasteiger partial charge is 0.257 e. The van der Waals surface area contributed by atoms with Crippen LogP contribution in [0.1, 0.15) is 43.0 Å². The van der Waals surface area contributed by atoms with Crippen LogP contribution in [0.3, 0.4) is 0 Å². The minimum Gasteiger partial charge on any atom is -0.494 e. The van der Waals surface area contributed by atoms with E-state index in [2.05, 4.69) is 60.0 Å². The SMILES string of the molecule is CCOc1ccc([C@@H]2CC(c3ccc(C)cc3)=NN2C(=O)CN2CCN(CC)CC2)cc1. The number of benzene rings is 2. The Morgan fingerprint density at radius 3 is 2.25 bits per heavy atom. The van der Waals surface area contributed by atoms with Crippen LogP contribution in [-0.4, -0.2) is 72.3 Å². The number of hydrazone groups is 1. The third-order valence-corrected chi connectivity index (χ3v) is 6.40. The molecule has 0 saturated carbocycles. The lowest BCUT2D eigenvalue weighted by Gasteiger charge is -2.34.